The fourth-order valence-corrected chi connectivity index (χ4v) is 7.33. The number of aromatic nitrogens is 3. The van der Waals surface area contributed by atoms with Crippen LogP contribution in [0.15, 0.2) is 42.7 Å². The van der Waals surface area contributed by atoms with Gasteiger partial charge in [0.15, 0.2) is 11.6 Å². The highest BCUT2D eigenvalue weighted by molar-refractivity contribution is 6.07. The van der Waals surface area contributed by atoms with Crippen LogP contribution in [0.5, 0.6) is 0 Å². The maximum Gasteiger partial charge on any atom is 0.330 e. The van der Waals surface area contributed by atoms with Crippen molar-refractivity contribution in [3.8, 4) is 0 Å². The first-order chi connectivity index (χ1) is 27.3. The first-order valence-corrected chi connectivity index (χ1v) is 20.0. The van der Waals surface area contributed by atoms with Gasteiger partial charge in [-0.25, -0.2) is 9.78 Å². The van der Waals surface area contributed by atoms with Crippen LogP contribution in [0.25, 0.3) is 0 Å². The number of ketones is 2. The van der Waals surface area contributed by atoms with Crippen molar-refractivity contribution in [1.82, 2.24) is 30.5 Å². The molecule has 0 spiro atoms. The van der Waals surface area contributed by atoms with Crippen molar-refractivity contribution in [2.45, 2.75) is 112 Å². The number of pyridine rings is 1. The number of benzene rings is 1. The number of urea groups is 1. The molecule has 2 aromatic heterocycles. The quantitative estimate of drug-likeness (QED) is 0.162. The molecule has 0 radical (unpaired) electrons. The molecule has 3 N–H and O–H groups in total. The zero-order valence-electron chi connectivity index (χ0n) is 35.3. The minimum atomic E-state index is -1.35. The maximum absolute atomic E-state index is 14.2. The number of aryl methyl sites for hydroxylation is 2. The van der Waals surface area contributed by atoms with Gasteiger partial charge in [0.05, 0.1) is 24.5 Å². The van der Waals surface area contributed by atoms with Crippen molar-refractivity contribution in [1.29, 1.82) is 0 Å². The monoisotopic (exact) mass is 795 g/mol. The second kappa shape index (κ2) is 17.8. The smallest absolute Gasteiger partial charge is 0.330 e. The van der Waals surface area contributed by atoms with Crippen molar-refractivity contribution >= 4 is 58.5 Å². The van der Waals surface area contributed by atoms with Crippen LogP contribution in [0.1, 0.15) is 101 Å². The maximum atomic E-state index is 14.2. The minimum Gasteiger partial charge on any atom is -0.344 e. The minimum absolute atomic E-state index is 0.100. The molecule has 3 atom stereocenters. The summed E-state index contributed by atoms with van der Waals surface area (Å²) in [6, 6.07) is 7.10. The van der Waals surface area contributed by atoms with E-state index in [9.17, 15) is 28.8 Å². The van der Waals surface area contributed by atoms with E-state index < -0.39 is 35.4 Å². The standard InChI is InChI=1S/C43H57N9O6/c1-24(2)18-33(28(7)53)47-40(57)43(8,9)49-38(55)34-12-11-17-51(34)39(56)32(25(3)4)20-36(54)29-15-13-26(5)35(19-29)52-23-30-21-45-41(48-37(30)50(10)42(52)58)46-31-16-14-27(6)44-22-31/h13-16,19,21-22,24-25,32-34H,11-12,17-18,20,23H2,1-10H3,(H,47,57)(H,49,55)(H,45,46,48)/t32-,33-,34-/m0/s1. The van der Waals surface area contributed by atoms with E-state index in [0.717, 1.165) is 16.8 Å². The summed E-state index contributed by atoms with van der Waals surface area (Å²) in [4.78, 5) is 99.1. The SMILES string of the molecule is CC(=O)[C@H](CC(C)C)NC(=O)C(C)(C)NC(=O)[C@@H]1CCCN1C(=O)[C@@H](CC(=O)c1ccc(C)c(N2Cc3cnc(Nc4ccc(C)nc4)nc3N(C)C2=O)c1)C(C)C. The average Bonchev–Trinajstić information content (AvgIpc) is 3.66. The molecule has 15 nitrogen and oxygen atoms in total. The number of carbonyl (C=O) groups excluding carboxylic acids is 6. The molecule has 3 aromatic rings. The van der Waals surface area contributed by atoms with Gasteiger partial charge in [0.25, 0.3) is 0 Å². The first kappa shape index (κ1) is 43.4. The second-order valence-electron chi connectivity index (χ2n) is 16.8. The fraction of sp³-hybridized carbons (Fsp3) is 0.512. The van der Waals surface area contributed by atoms with Crippen LogP contribution < -0.4 is 25.8 Å². The zero-order valence-corrected chi connectivity index (χ0v) is 35.3. The predicted octanol–water partition coefficient (Wildman–Crippen LogP) is 5.66. The molecule has 1 saturated heterocycles. The van der Waals surface area contributed by atoms with Crippen LogP contribution >= 0.6 is 0 Å². The summed E-state index contributed by atoms with van der Waals surface area (Å²) in [5.41, 5.74) is 2.64. The normalized spacial score (nSPS) is 16.6. The number of hydrogen-bond acceptors (Lipinski definition) is 10. The Labute approximate surface area is 340 Å². The number of fused-ring (bicyclic) bond motifs is 1. The topological polar surface area (TPSA) is 187 Å². The predicted molar refractivity (Wildman–Crippen MR) is 222 cm³/mol. The van der Waals surface area contributed by atoms with E-state index >= 15 is 0 Å². The number of hydrogen-bond donors (Lipinski definition) is 3. The van der Waals surface area contributed by atoms with Gasteiger partial charge < -0.3 is 20.9 Å². The molecule has 0 aliphatic carbocycles. The largest absolute Gasteiger partial charge is 0.344 e. The van der Waals surface area contributed by atoms with Crippen molar-refractivity contribution in [3.63, 3.8) is 0 Å². The Morgan fingerprint density at radius 3 is 2.34 bits per heavy atom. The van der Waals surface area contributed by atoms with E-state index in [4.69, 9.17) is 0 Å². The molecule has 4 heterocycles. The fourth-order valence-electron chi connectivity index (χ4n) is 7.33. The number of anilines is 4. The average molecular weight is 796 g/mol. The van der Waals surface area contributed by atoms with Gasteiger partial charge in [0.2, 0.25) is 23.7 Å². The Bertz CT molecular complexity index is 2070. The third-order valence-electron chi connectivity index (χ3n) is 10.9. The molecular formula is C43H57N9O6. The summed E-state index contributed by atoms with van der Waals surface area (Å²) < 4.78 is 0. The van der Waals surface area contributed by atoms with Crippen molar-refractivity contribution in [2.75, 3.05) is 28.7 Å². The molecular weight excluding hydrogens is 739 g/mol. The summed E-state index contributed by atoms with van der Waals surface area (Å²) in [5, 5.41) is 8.72. The van der Waals surface area contributed by atoms with Gasteiger partial charge >= 0.3 is 6.03 Å². The number of nitrogens with zero attached hydrogens (tertiary/aromatic N) is 6. The van der Waals surface area contributed by atoms with Crippen LogP contribution in [0.4, 0.5) is 27.9 Å². The summed E-state index contributed by atoms with van der Waals surface area (Å²) in [6.07, 6.45) is 4.72. The third kappa shape index (κ3) is 9.86. The summed E-state index contributed by atoms with van der Waals surface area (Å²) in [7, 11) is 1.64. The highest BCUT2D eigenvalue weighted by Crippen LogP contribution is 2.34. The van der Waals surface area contributed by atoms with E-state index in [0.29, 0.717) is 54.5 Å². The van der Waals surface area contributed by atoms with Crippen LogP contribution in [-0.2, 0) is 25.7 Å². The van der Waals surface area contributed by atoms with E-state index in [1.165, 1.54) is 16.7 Å². The number of Topliss-reactive ketones (excluding diaryl/α,β-unsaturated/α-hetero) is 2. The molecule has 2 aliphatic heterocycles. The lowest BCUT2D eigenvalue weighted by Gasteiger charge is -2.35. The second-order valence-corrected chi connectivity index (χ2v) is 16.8. The summed E-state index contributed by atoms with van der Waals surface area (Å²) in [6.45, 7) is 16.5. The zero-order chi connectivity index (χ0) is 42.6. The van der Waals surface area contributed by atoms with Gasteiger partial charge in [-0.2, -0.15) is 4.98 Å². The van der Waals surface area contributed by atoms with E-state index in [-0.39, 0.29) is 48.3 Å². The van der Waals surface area contributed by atoms with Crippen molar-refractivity contribution in [3.05, 3.63) is 65.1 Å². The molecule has 0 unspecified atom stereocenters. The lowest BCUT2D eigenvalue weighted by Crippen LogP contribution is -2.61. The van der Waals surface area contributed by atoms with Crippen LogP contribution in [0.2, 0.25) is 0 Å². The number of likely N-dealkylation sites (tertiary alicyclic amines) is 1. The summed E-state index contributed by atoms with van der Waals surface area (Å²) in [5.74, 6) is -1.69. The van der Waals surface area contributed by atoms with E-state index in [2.05, 4.69) is 30.9 Å². The number of rotatable bonds is 15. The van der Waals surface area contributed by atoms with Crippen LogP contribution in [0, 0.1) is 31.6 Å². The summed E-state index contributed by atoms with van der Waals surface area (Å²) >= 11 is 0. The molecule has 310 valence electrons. The Morgan fingerprint density at radius 2 is 1.71 bits per heavy atom. The molecule has 0 saturated carbocycles. The highest BCUT2D eigenvalue weighted by atomic mass is 16.2. The lowest BCUT2D eigenvalue weighted by molar-refractivity contribution is -0.144. The number of carbonyl (C=O) groups is 6. The van der Waals surface area contributed by atoms with Gasteiger partial charge in [-0.1, -0.05) is 39.8 Å². The molecule has 5 amide bonds. The van der Waals surface area contributed by atoms with Gasteiger partial charge in [0.1, 0.15) is 17.4 Å². The number of amides is 5. The molecule has 2 aliphatic rings. The van der Waals surface area contributed by atoms with Gasteiger partial charge in [-0.15, -0.1) is 0 Å². The van der Waals surface area contributed by atoms with Gasteiger partial charge in [0, 0.05) is 54.6 Å². The van der Waals surface area contributed by atoms with Gasteiger partial charge in [-0.3, -0.25) is 38.8 Å². The molecule has 1 aromatic carbocycles. The van der Waals surface area contributed by atoms with Gasteiger partial charge in [-0.05, 0) is 89.5 Å². The Balaban J connectivity index is 1.28. The molecule has 58 heavy (non-hydrogen) atoms. The Kier molecular flexibility index (Phi) is 13.3. The van der Waals surface area contributed by atoms with E-state index in [1.54, 1.807) is 56.4 Å². The number of nitrogens with one attached hydrogen (secondary N) is 3. The first-order valence-electron chi connectivity index (χ1n) is 20.0. The third-order valence-corrected chi connectivity index (χ3v) is 10.9. The lowest BCUT2D eigenvalue weighted by atomic mass is 9.87. The molecule has 5 rings (SSSR count). The molecule has 0 bridgehead atoms. The Morgan fingerprint density at radius 1 is 0.983 bits per heavy atom. The molecule has 1 fully saturated rings. The van der Waals surface area contributed by atoms with Crippen molar-refractivity contribution < 1.29 is 28.8 Å². The van der Waals surface area contributed by atoms with Crippen LogP contribution in [0.3, 0.4) is 0 Å². The van der Waals surface area contributed by atoms with E-state index in [1.807, 2.05) is 53.7 Å². The van der Waals surface area contributed by atoms with Crippen LogP contribution in [-0.4, -0.2) is 86.4 Å². The highest BCUT2D eigenvalue weighted by Gasteiger charge is 2.42. The Hall–Kier alpha value is -5.73. The molecule has 15 heteroatoms. The van der Waals surface area contributed by atoms with Crippen molar-refractivity contribution in [2.24, 2.45) is 17.8 Å².